The van der Waals surface area contributed by atoms with Gasteiger partial charge in [0, 0.05) is 19.0 Å². The van der Waals surface area contributed by atoms with Crippen LogP contribution in [0, 0.1) is 11.7 Å². The zero-order chi connectivity index (χ0) is 23.4. The van der Waals surface area contributed by atoms with E-state index in [9.17, 15) is 14.0 Å². The van der Waals surface area contributed by atoms with Gasteiger partial charge in [-0.05, 0) is 63.7 Å². The van der Waals surface area contributed by atoms with Gasteiger partial charge in [0.15, 0.2) is 11.7 Å². The molecule has 2 heterocycles. The predicted molar refractivity (Wildman–Crippen MR) is 118 cm³/mol. The van der Waals surface area contributed by atoms with Gasteiger partial charge in [-0.2, -0.15) is 0 Å². The lowest BCUT2D eigenvalue weighted by molar-refractivity contribution is -0.125. The summed E-state index contributed by atoms with van der Waals surface area (Å²) in [5.41, 5.74) is 6.19. The molecule has 1 saturated carbocycles. The normalized spacial score (nSPS) is 14.2. The number of benzene rings is 1. The maximum atomic E-state index is 13.6. The highest BCUT2D eigenvalue weighted by atomic mass is 79.9. The summed E-state index contributed by atoms with van der Waals surface area (Å²) >= 11 is 3.09. The number of anilines is 1. The first kappa shape index (κ1) is 22.6. The molecule has 0 unspecified atom stereocenters. The Bertz CT molecular complexity index is 1230. The van der Waals surface area contributed by atoms with E-state index in [0.29, 0.717) is 25.2 Å². The van der Waals surface area contributed by atoms with Gasteiger partial charge < -0.3 is 11.1 Å². The number of guanidine groups is 1. The van der Waals surface area contributed by atoms with E-state index in [-0.39, 0.29) is 39.6 Å². The highest BCUT2D eigenvalue weighted by Gasteiger charge is 2.25. The van der Waals surface area contributed by atoms with Gasteiger partial charge in [-0.15, -0.1) is 0 Å². The Morgan fingerprint density at radius 3 is 2.88 bits per heavy atom. The summed E-state index contributed by atoms with van der Waals surface area (Å²) in [4.78, 5) is 28.2. The van der Waals surface area contributed by atoms with Crippen molar-refractivity contribution in [1.29, 1.82) is 0 Å². The Kier molecular flexibility index (Phi) is 6.82. The fourth-order valence-electron chi connectivity index (χ4n) is 3.13. The number of aliphatic imine (C=N–C) groups is 1. The van der Waals surface area contributed by atoms with Crippen LogP contribution in [-0.2, 0) is 4.79 Å². The van der Waals surface area contributed by atoms with Gasteiger partial charge in [-0.25, -0.2) is 18.4 Å². The predicted octanol–water partition coefficient (Wildman–Crippen LogP) is 1.81. The van der Waals surface area contributed by atoms with Gasteiger partial charge in [0.2, 0.25) is 17.5 Å². The Morgan fingerprint density at radius 2 is 2.15 bits per heavy atom. The van der Waals surface area contributed by atoms with Crippen molar-refractivity contribution >= 4 is 33.6 Å². The topological polar surface area (TPSA) is 166 Å². The van der Waals surface area contributed by atoms with E-state index in [1.165, 1.54) is 18.2 Å². The second-order valence-electron chi connectivity index (χ2n) is 7.33. The lowest BCUT2D eigenvalue weighted by Crippen LogP contribution is -2.42. The number of halogens is 2. The summed E-state index contributed by atoms with van der Waals surface area (Å²) in [6.45, 7) is 0.779. The highest BCUT2D eigenvalue weighted by molar-refractivity contribution is 9.10. The molecule has 33 heavy (non-hydrogen) atoms. The van der Waals surface area contributed by atoms with Gasteiger partial charge in [-0.3, -0.25) is 19.6 Å². The zero-order valence-corrected chi connectivity index (χ0v) is 18.8. The standard InChI is InChI=1S/C19H20BrFN8O4/c20-12-9-11(5-6-13(12)21)29-16(28-32-19(29)31)14-15(27-33-26-14)23-7-2-8-24-18(22)25-17(30)10-3-1-4-10/h5-6,9-10H,1-4,7-8H2,(H,23,27)(H3,22,24,25,30). The Labute approximate surface area is 194 Å². The summed E-state index contributed by atoms with van der Waals surface area (Å²) in [5, 5.41) is 17.0. The van der Waals surface area contributed by atoms with Crippen molar-refractivity contribution in [2.45, 2.75) is 25.7 Å². The molecule has 0 spiro atoms. The van der Waals surface area contributed by atoms with Crippen molar-refractivity contribution < 1.29 is 18.3 Å². The molecule has 1 aliphatic carbocycles. The molecule has 0 bridgehead atoms. The Hall–Kier alpha value is -3.55. The SMILES string of the molecule is NC(=NCCCNc1nonc1-c1noc(=O)n1-c1ccc(F)c(Br)c1)NC(=O)C1CCC1. The second kappa shape index (κ2) is 9.94. The lowest BCUT2D eigenvalue weighted by atomic mass is 9.85. The van der Waals surface area contributed by atoms with Crippen molar-refractivity contribution in [1.82, 2.24) is 25.4 Å². The number of carbonyl (C=O) groups excluding carboxylic acids is 1. The van der Waals surface area contributed by atoms with Crippen molar-refractivity contribution in [2.24, 2.45) is 16.6 Å². The minimum absolute atomic E-state index is 0.0308. The number of rotatable bonds is 8. The Morgan fingerprint density at radius 1 is 1.33 bits per heavy atom. The van der Waals surface area contributed by atoms with Crippen LogP contribution in [0.5, 0.6) is 0 Å². The van der Waals surface area contributed by atoms with E-state index in [1.54, 1.807) is 0 Å². The van der Waals surface area contributed by atoms with E-state index >= 15 is 0 Å². The molecule has 14 heteroatoms. The largest absolute Gasteiger partial charge is 0.446 e. The monoisotopic (exact) mass is 522 g/mol. The van der Waals surface area contributed by atoms with Gasteiger partial charge in [0.1, 0.15) is 5.82 Å². The van der Waals surface area contributed by atoms with Crippen molar-refractivity contribution in [3.05, 3.63) is 39.0 Å². The first-order chi connectivity index (χ1) is 15.9. The number of carbonyl (C=O) groups is 1. The van der Waals surface area contributed by atoms with Crippen molar-refractivity contribution in [3.63, 3.8) is 0 Å². The summed E-state index contributed by atoms with van der Waals surface area (Å²) in [7, 11) is 0. The van der Waals surface area contributed by atoms with E-state index in [4.69, 9.17) is 14.9 Å². The minimum Gasteiger partial charge on any atom is -0.370 e. The van der Waals surface area contributed by atoms with Crippen molar-refractivity contribution in [3.8, 4) is 17.2 Å². The van der Waals surface area contributed by atoms with E-state index < -0.39 is 11.6 Å². The highest BCUT2D eigenvalue weighted by Crippen LogP contribution is 2.27. The molecule has 4 rings (SSSR count). The third-order valence-corrected chi connectivity index (χ3v) is 5.71. The maximum absolute atomic E-state index is 13.6. The number of aromatic nitrogens is 4. The molecule has 12 nitrogen and oxygen atoms in total. The lowest BCUT2D eigenvalue weighted by Gasteiger charge is -2.23. The van der Waals surface area contributed by atoms with Gasteiger partial charge in [0.25, 0.3) is 0 Å². The van der Waals surface area contributed by atoms with E-state index in [0.717, 1.165) is 23.8 Å². The summed E-state index contributed by atoms with van der Waals surface area (Å²) in [6, 6.07) is 4.00. The van der Waals surface area contributed by atoms with E-state index in [1.807, 2.05) is 0 Å². The van der Waals surface area contributed by atoms with Gasteiger partial charge in [0.05, 0.1) is 10.2 Å². The molecule has 2 aromatic heterocycles. The quantitative estimate of drug-likeness (QED) is 0.227. The summed E-state index contributed by atoms with van der Waals surface area (Å²) < 4.78 is 24.4. The zero-order valence-electron chi connectivity index (χ0n) is 17.3. The smallest absolute Gasteiger partial charge is 0.370 e. The van der Waals surface area contributed by atoms with Crippen LogP contribution in [0.2, 0.25) is 0 Å². The molecule has 0 saturated heterocycles. The fourth-order valence-corrected chi connectivity index (χ4v) is 3.49. The maximum Gasteiger partial charge on any atom is 0.446 e. The van der Waals surface area contributed by atoms with Crippen LogP contribution in [0.25, 0.3) is 17.2 Å². The molecule has 0 atom stereocenters. The second-order valence-corrected chi connectivity index (χ2v) is 8.19. The molecular formula is C19H20BrFN8O4. The molecule has 4 N–H and O–H groups in total. The third kappa shape index (κ3) is 5.10. The van der Waals surface area contributed by atoms with Gasteiger partial charge in [-0.1, -0.05) is 11.6 Å². The van der Waals surface area contributed by atoms with Crippen LogP contribution in [0.15, 0.2) is 41.6 Å². The van der Waals surface area contributed by atoms with Crippen LogP contribution in [-0.4, -0.2) is 45.0 Å². The molecule has 1 amide bonds. The van der Waals surface area contributed by atoms with Crippen LogP contribution in [0.3, 0.4) is 0 Å². The molecule has 174 valence electrons. The third-order valence-electron chi connectivity index (χ3n) is 5.10. The van der Waals surface area contributed by atoms with Crippen LogP contribution in [0.4, 0.5) is 10.2 Å². The fraction of sp³-hybridized carbons (Fsp3) is 0.368. The summed E-state index contributed by atoms with van der Waals surface area (Å²) in [5.74, 6) is -0.980. The van der Waals surface area contributed by atoms with Crippen LogP contribution in [0.1, 0.15) is 25.7 Å². The van der Waals surface area contributed by atoms with Crippen molar-refractivity contribution in [2.75, 3.05) is 18.4 Å². The van der Waals surface area contributed by atoms with Crippen LogP contribution < -0.4 is 22.1 Å². The molecule has 1 aliphatic rings. The van der Waals surface area contributed by atoms with Crippen LogP contribution >= 0.6 is 15.9 Å². The molecule has 0 aliphatic heterocycles. The number of hydrogen-bond donors (Lipinski definition) is 3. The van der Waals surface area contributed by atoms with Gasteiger partial charge >= 0.3 is 5.76 Å². The average Bonchev–Trinajstić information content (AvgIpc) is 3.34. The first-order valence-corrected chi connectivity index (χ1v) is 10.9. The molecule has 3 aromatic rings. The number of nitrogens with one attached hydrogen (secondary N) is 2. The van der Waals surface area contributed by atoms with E-state index in [2.05, 4.69) is 47.0 Å². The number of nitrogens with zero attached hydrogens (tertiary/aromatic N) is 5. The summed E-state index contributed by atoms with van der Waals surface area (Å²) in [6.07, 6.45) is 3.39. The minimum atomic E-state index is -0.786. The molecule has 0 radical (unpaired) electrons. The number of hydrogen-bond acceptors (Lipinski definition) is 9. The number of amides is 1. The molecule has 1 fully saturated rings. The number of nitrogens with two attached hydrogens (primary N) is 1. The molecule has 1 aromatic carbocycles. The first-order valence-electron chi connectivity index (χ1n) is 10.2. The molecular weight excluding hydrogens is 503 g/mol. The average molecular weight is 523 g/mol. The Balaban J connectivity index is 1.38.